The van der Waals surface area contributed by atoms with E-state index in [1.54, 1.807) is 36.7 Å². The summed E-state index contributed by atoms with van der Waals surface area (Å²) in [7, 11) is -3.65. The zero-order valence-electron chi connectivity index (χ0n) is 13.4. The Morgan fingerprint density at radius 1 is 0.958 bits per heavy atom. The molecule has 1 N–H and O–H groups in total. The Morgan fingerprint density at radius 2 is 1.62 bits per heavy atom. The maximum atomic E-state index is 12.8. The van der Waals surface area contributed by atoms with Gasteiger partial charge >= 0.3 is 0 Å². The van der Waals surface area contributed by atoms with Gasteiger partial charge in [-0.1, -0.05) is 48.0 Å². The lowest BCUT2D eigenvalue weighted by Gasteiger charge is -2.05. The van der Waals surface area contributed by atoms with Crippen LogP contribution in [0.3, 0.4) is 0 Å². The molecule has 0 atom stereocenters. The van der Waals surface area contributed by atoms with Gasteiger partial charge < -0.3 is 5.11 Å². The molecule has 0 saturated carbocycles. The standard InChI is InChI=1S/C19H19NO3S/c1-15-7-9-18(10-8-15)24(22,23)20-13-17(11-12-21)19(14-20)16-5-3-2-4-6-16/h2-10,13-14,21H,11-12H2,1H3. The van der Waals surface area contributed by atoms with E-state index in [0.717, 1.165) is 22.3 Å². The number of aliphatic hydroxyl groups is 1. The van der Waals surface area contributed by atoms with Crippen molar-refractivity contribution in [2.75, 3.05) is 6.61 Å². The van der Waals surface area contributed by atoms with E-state index in [1.165, 1.54) is 3.97 Å². The number of hydrogen-bond acceptors (Lipinski definition) is 3. The van der Waals surface area contributed by atoms with Crippen molar-refractivity contribution in [2.45, 2.75) is 18.2 Å². The highest BCUT2D eigenvalue weighted by molar-refractivity contribution is 7.90. The van der Waals surface area contributed by atoms with Crippen molar-refractivity contribution >= 4 is 10.0 Å². The first kappa shape index (κ1) is 16.5. The molecule has 0 fully saturated rings. The zero-order chi connectivity index (χ0) is 17.2. The molecule has 0 amide bonds. The lowest BCUT2D eigenvalue weighted by atomic mass is 10.0. The summed E-state index contributed by atoms with van der Waals surface area (Å²) in [5.41, 5.74) is 3.56. The Hall–Kier alpha value is -2.37. The maximum Gasteiger partial charge on any atom is 0.267 e. The molecular weight excluding hydrogens is 322 g/mol. The lowest BCUT2D eigenvalue weighted by Crippen LogP contribution is -2.10. The molecule has 0 aliphatic rings. The molecule has 2 aromatic carbocycles. The van der Waals surface area contributed by atoms with Crippen LogP contribution in [0.5, 0.6) is 0 Å². The third-order valence-electron chi connectivity index (χ3n) is 3.95. The van der Waals surface area contributed by atoms with Crippen LogP contribution in [-0.2, 0) is 16.4 Å². The fourth-order valence-electron chi connectivity index (χ4n) is 2.64. The van der Waals surface area contributed by atoms with Crippen LogP contribution in [0, 0.1) is 6.92 Å². The molecule has 5 heteroatoms. The number of hydrogen-bond donors (Lipinski definition) is 1. The van der Waals surface area contributed by atoms with Crippen molar-refractivity contribution in [2.24, 2.45) is 0 Å². The number of aliphatic hydroxyl groups excluding tert-OH is 1. The number of aromatic nitrogens is 1. The van der Waals surface area contributed by atoms with Gasteiger partial charge in [0.25, 0.3) is 10.0 Å². The van der Waals surface area contributed by atoms with Gasteiger partial charge in [0.05, 0.1) is 4.90 Å². The minimum absolute atomic E-state index is 0.0333. The molecule has 3 aromatic rings. The minimum Gasteiger partial charge on any atom is -0.396 e. The SMILES string of the molecule is Cc1ccc(S(=O)(=O)n2cc(CCO)c(-c3ccccc3)c2)cc1. The second-order valence-electron chi connectivity index (χ2n) is 5.68. The smallest absolute Gasteiger partial charge is 0.267 e. The first-order valence-corrected chi connectivity index (χ1v) is 9.16. The number of rotatable bonds is 5. The van der Waals surface area contributed by atoms with Gasteiger partial charge in [-0.25, -0.2) is 12.4 Å². The van der Waals surface area contributed by atoms with Gasteiger partial charge in [0.2, 0.25) is 0 Å². The van der Waals surface area contributed by atoms with Crippen LogP contribution < -0.4 is 0 Å². The molecule has 1 heterocycles. The van der Waals surface area contributed by atoms with Gasteiger partial charge in [-0.3, -0.25) is 0 Å². The van der Waals surface area contributed by atoms with Gasteiger partial charge in [-0.15, -0.1) is 0 Å². The van der Waals surface area contributed by atoms with Gasteiger partial charge in [-0.05, 0) is 36.6 Å². The quantitative estimate of drug-likeness (QED) is 0.775. The molecule has 0 bridgehead atoms. The van der Waals surface area contributed by atoms with Crippen molar-refractivity contribution in [1.29, 1.82) is 0 Å². The molecular formula is C19H19NO3S. The van der Waals surface area contributed by atoms with Crippen LogP contribution >= 0.6 is 0 Å². The molecule has 0 saturated heterocycles. The van der Waals surface area contributed by atoms with E-state index >= 15 is 0 Å². The van der Waals surface area contributed by atoms with Crippen LogP contribution in [0.25, 0.3) is 11.1 Å². The van der Waals surface area contributed by atoms with E-state index in [-0.39, 0.29) is 11.5 Å². The molecule has 24 heavy (non-hydrogen) atoms. The fraction of sp³-hybridized carbons (Fsp3) is 0.158. The summed E-state index contributed by atoms with van der Waals surface area (Å²) in [5.74, 6) is 0. The average molecular weight is 341 g/mol. The molecule has 0 unspecified atom stereocenters. The van der Waals surface area contributed by atoms with Gasteiger partial charge in [0.15, 0.2) is 0 Å². The van der Waals surface area contributed by atoms with E-state index in [4.69, 9.17) is 0 Å². The van der Waals surface area contributed by atoms with Crippen molar-refractivity contribution < 1.29 is 13.5 Å². The molecule has 0 spiro atoms. The van der Waals surface area contributed by atoms with Gasteiger partial charge in [0.1, 0.15) is 0 Å². The molecule has 0 aliphatic heterocycles. The molecule has 124 valence electrons. The normalized spacial score (nSPS) is 11.6. The summed E-state index contributed by atoms with van der Waals surface area (Å²) in [6.45, 7) is 1.88. The second-order valence-corrected chi connectivity index (χ2v) is 7.53. The van der Waals surface area contributed by atoms with Crippen LogP contribution in [0.1, 0.15) is 11.1 Å². The largest absolute Gasteiger partial charge is 0.396 e. The summed E-state index contributed by atoms with van der Waals surface area (Å²) in [6, 6.07) is 16.4. The maximum absolute atomic E-state index is 12.8. The lowest BCUT2D eigenvalue weighted by molar-refractivity contribution is 0.300. The Kier molecular flexibility index (Phi) is 4.55. The Morgan fingerprint density at radius 3 is 2.25 bits per heavy atom. The van der Waals surface area contributed by atoms with Crippen molar-refractivity contribution in [3.05, 3.63) is 78.1 Å². The van der Waals surface area contributed by atoms with E-state index < -0.39 is 10.0 Å². The van der Waals surface area contributed by atoms with E-state index in [1.807, 2.05) is 37.3 Å². The van der Waals surface area contributed by atoms with Crippen LogP contribution in [0.4, 0.5) is 0 Å². The third kappa shape index (κ3) is 3.13. The Bertz CT molecular complexity index is 927. The highest BCUT2D eigenvalue weighted by Crippen LogP contribution is 2.27. The summed E-state index contributed by atoms with van der Waals surface area (Å²) in [5, 5.41) is 9.29. The third-order valence-corrected chi connectivity index (χ3v) is 5.58. The van der Waals surface area contributed by atoms with Crippen molar-refractivity contribution in [3.63, 3.8) is 0 Å². The first-order chi connectivity index (χ1) is 11.5. The second kappa shape index (κ2) is 6.63. The first-order valence-electron chi connectivity index (χ1n) is 7.72. The summed E-state index contributed by atoms with van der Waals surface area (Å²) in [4.78, 5) is 0.248. The summed E-state index contributed by atoms with van der Waals surface area (Å²) >= 11 is 0. The Labute approximate surface area is 142 Å². The summed E-state index contributed by atoms with van der Waals surface area (Å²) in [6.07, 6.45) is 3.61. The zero-order valence-corrected chi connectivity index (χ0v) is 14.2. The van der Waals surface area contributed by atoms with Crippen LogP contribution in [-0.4, -0.2) is 24.1 Å². The number of aryl methyl sites for hydroxylation is 1. The van der Waals surface area contributed by atoms with E-state index in [0.29, 0.717) is 6.42 Å². The van der Waals surface area contributed by atoms with Gasteiger partial charge in [-0.2, -0.15) is 0 Å². The van der Waals surface area contributed by atoms with E-state index in [9.17, 15) is 13.5 Å². The Balaban J connectivity index is 2.10. The topological polar surface area (TPSA) is 59.3 Å². The molecule has 3 rings (SSSR count). The predicted octanol–water partition coefficient (Wildman–Crippen LogP) is 3.24. The molecule has 0 radical (unpaired) electrons. The van der Waals surface area contributed by atoms with Gasteiger partial charge in [0, 0.05) is 24.6 Å². The fourth-order valence-corrected chi connectivity index (χ4v) is 3.87. The molecule has 1 aromatic heterocycles. The van der Waals surface area contributed by atoms with E-state index in [2.05, 4.69) is 0 Å². The highest BCUT2D eigenvalue weighted by atomic mass is 32.2. The predicted molar refractivity (Wildman–Crippen MR) is 94.4 cm³/mol. The molecule has 4 nitrogen and oxygen atoms in total. The summed E-state index contributed by atoms with van der Waals surface area (Å²) < 4.78 is 26.9. The monoisotopic (exact) mass is 341 g/mol. The average Bonchev–Trinajstić information content (AvgIpc) is 3.01. The van der Waals surface area contributed by atoms with Crippen LogP contribution in [0.2, 0.25) is 0 Å². The van der Waals surface area contributed by atoms with Crippen molar-refractivity contribution in [1.82, 2.24) is 3.97 Å². The molecule has 0 aliphatic carbocycles. The van der Waals surface area contributed by atoms with Crippen molar-refractivity contribution in [3.8, 4) is 11.1 Å². The number of nitrogens with zero attached hydrogens (tertiary/aromatic N) is 1. The van der Waals surface area contributed by atoms with Crippen LogP contribution in [0.15, 0.2) is 71.9 Å². The highest BCUT2D eigenvalue weighted by Gasteiger charge is 2.19. The minimum atomic E-state index is -3.65. The number of benzene rings is 2.